The Morgan fingerprint density at radius 3 is 2.20 bits per heavy atom. The predicted molar refractivity (Wildman–Crippen MR) is 132 cm³/mol. The SMILES string of the molecule is CC(C)c1ccc(OC(=O)c2ccc(NC3=C(Cl)C(=O)N(c4ccc(F)c(Cl)c4)C3=O)cc2)cc1. The largest absolute Gasteiger partial charge is 0.423 e. The number of esters is 1. The summed E-state index contributed by atoms with van der Waals surface area (Å²) >= 11 is 11.9. The van der Waals surface area contributed by atoms with Crippen LogP contribution < -0.4 is 15.0 Å². The van der Waals surface area contributed by atoms with E-state index in [1.807, 2.05) is 12.1 Å². The Bertz CT molecular complexity index is 1350. The molecule has 1 heterocycles. The van der Waals surface area contributed by atoms with Gasteiger partial charge in [-0.15, -0.1) is 0 Å². The summed E-state index contributed by atoms with van der Waals surface area (Å²) in [6.45, 7) is 4.15. The Morgan fingerprint density at radius 2 is 1.60 bits per heavy atom. The minimum absolute atomic E-state index is 0.0841. The standard InChI is InChI=1S/C26H19Cl2FN2O4/c1-14(2)15-5-10-19(11-6-15)35-26(34)16-3-7-17(8-4-16)30-23-22(28)24(32)31(25(23)33)18-9-12-21(29)20(27)13-18/h3-14,30H,1-2H3. The molecular weight excluding hydrogens is 494 g/mol. The molecule has 4 rings (SSSR count). The van der Waals surface area contributed by atoms with Gasteiger partial charge in [0.05, 0.1) is 16.3 Å². The molecule has 0 saturated carbocycles. The highest BCUT2D eigenvalue weighted by Gasteiger charge is 2.39. The number of carbonyl (C=O) groups is 3. The number of rotatable bonds is 6. The van der Waals surface area contributed by atoms with E-state index in [2.05, 4.69) is 19.2 Å². The lowest BCUT2D eigenvalue weighted by atomic mass is 10.0. The van der Waals surface area contributed by atoms with E-state index < -0.39 is 23.6 Å². The summed E-state index contributed by atoms with van der Waals surface area (Å²) in [6, 6.07) is 16.9. The first-order valence-electron chi connectivity index (χ1n) is 10.6. The van der Waals surface area contributed by atoms with E-state index in [0.717, 1.165) is 22.6 Å². The van der Waals surface area contributed by atoms with E-state index >= 15 is 0 Å². The molecule has 0 fully saturated rings. The molecule has 0 aliphatic carbocycles. The van der Waals surface area contributed by atoms with E-state index in [-0.39, 0.29) is 21.4 Å². The zero-order valence-corrected chi connectivity index (χ0v) is 20.2. The maximum atomic E-state index is 13.5. The summed E-state index contributed by atoms with van der Waals surface area (Å²) in [6.07, 6.45) is 0. The van der Waals surface area contributed by atoms with Gasteiger partial charge in [0.1, 0.15) is 22.3 Å². The van der Waals surface area contributed by atoms with Crippen molar-refractivity contribution in [2.24, 2.45) is 0 Å². The van der Waals surface area contributed by atoms with Crippen LogP contribution in [0, 0.1) is 5.82 Å². The van der Waals surface area contributed by atoms with Crippen LogP contribution in [0.4, 0.5) is 15.8 Å². The number of imide groups is 1. The fourth-order valence-corrected chi connectivity index (χ4v) is 3.78. The predicted octanol–water partition coefficient (Wildman–Crippen LogP) is 6.26. The number of benzene rings is 3. The number of anilines is 2. The van der Waals surface area contributed by atoms with Crippen molar-refractivity contribution < 1.29 is 23.5 Å². The van der Waals surface area contributed by atoms with Crippen molar-refractivity contribution in [2.75, 3.05) is 10.2 Å². The lowest BCUT2D eigenvalue weighted by molar-refractivity contribution is -0.120. The number of ether oxygens (including phenoxy) is 1. The monoisotopic (exact) mass is 512 g/mol. The van der Waals surface area contributed by atoms with E-state index in [4.69, 9.17) is 27.9 Å². The summed E-state index contributed by atoms with van der Waals surface area (Å²) in [5.41, 5.74) is 1.77. The van der Waals surface area contributed by atoms with E-state index in [1.54, 1.807) is 24.3 Å². The average molecular weight is 513 g/mol. The van der Waals surface area contributed by atoms with Gasteiger partial charge in [-0.25, -0.2) is 14.1 Å². The number of nitrogens with one attached hydrogen (secondary N) is 1. The third-order valence-electron chi connectivity index (χ3n) is 5.34. The quantitative estimate of drug-likeness (QED) is 0.239. The third-order valence-corrected chi connectivity index (χ3v) is 5.98. The first-order valence-corrected chi connectivity index (χ1v) is 11.3. The second-order valence-electron chi connectivity index (χ2n) is 8.05. The molecule has 9 heteroatoms. The first-order chi connectivity index (χ1) is 16.7. The number of amides is 2. The Balaban J connectivity index is 1.46. The number of nitrogens with zero attached hydrogens (tertiary/aromatic N) is 1. The molecule has 0 bridgehead atoms. The van der Waals surface area contributed by atoms with E-state index in [9.17, 15) is 18.8 Å². The molecule has 35 heavy (non-hydrogen) atoms. The Labute approximate surface area is 210 Å². The van der Waals surface area contributed by atoms with Crippen molar-refractivity contribution in [1.29, 1.82) is 0 Å². The summed E-state index contributed by atoms with van der Waals surface area (Å²) in [7, 11) is 0. The molecule has 3 aromatic carbocycles. The second kappa shape index (κ2) is 9.90. The summed E-state index contributed by atoms with van der Waals surface area (Å²) < 4.78 is 18.9. The molecule has 0 aromatic heterocycles. The normalized spacial score (nSPS) is 13.6. The molecule has 0 radical (unpaired) electrons. The molecule has 2 amide bonds. The molecule has 178 valence electrons. The molecule has 6 nitrogen and oxygen atoms in total. The van der Waals surface area contributed by atoms with Gasteiger partial charge in [-0.1, -0.05) is 49.2 Å². The number of halogens is 3. The van der Waals surface area contributed by atoms with E-state index in [1.165, 1.54) is 18.2 Å². The zero-order valence-electron chi connectivity index (χ0n) is 18.6. The van der Waals surface area contributed by atoms with Gasteiger partial charge in [-0.2, -0.15) is 0 Å². The highest BCUT2D eigenvalue weighted by Crippen LogP contribution is 2.32. The lowest BCUT2D eigenvalue weighted by Gasteiger charge is -2.15. The molecule has 1 aliphatic heterocycles. The van der Waals surface area contributed by atoms with Crippen LogP contribution in [-0.2, 0) is 9.59 Å². The molecule has 0 saturated heterocycles. The van der Waals surface area contributed by atoms with Crippen LogP contribution in [0.1, 0.15) is 35.7 Å². The Morgan fingerprint density at radius 1 is 0.943 bits per heavy atom. The fraction of sp³-hybridized carbons (Fsp3) is 0.115. The van der Waals surface area contributed by atoms with Crippen LogP contribution in [0.2, 0.25) is 5.02 Å². The lowest BCUT2D eigenvalue weighted by Crippen LogP contribution is -2.32. The van der Waals surface area contributed by atoms with Gasteiger partial charge in [-0.05, 0) is 66.1 Å². The fourth-order valence-electron chi connectivity index (χ4n) is 3.39. The first kappa shape index (κ1) is 24.4. The van der Waals surface area contributed by atoms with Crippen LogP contribution in [0.5, 0.6) is 5.75 Å². The highest BCUT2D eigenvalue weighted by molar-refractivity contribution is 6.53. The molecule has 0 unspecified atom stereocenters. The molecule has 3 aromatic rings. The van der Waals surface area contributed by atoms with Gasteiger partial charge in [0.25, 0.3) is 11.8 Å². The Hall–Kier alpha value is -3.68. The van der Waals surface area contributed by atoms with Gasteiger partial charge < -0.3 is 10.1 Å². The van der Waals surface area contributed by atoms with Gasteiger partial charge in [0.15, 0.2) is 0 Å². The summed E-state index contributed by atoms with van der Waals surface area (Å²) in [5.74, 6) is -1.93. The molecular formula is C26H19Cl2FN2O4. The van der Waals surface area contributed by atoms with Crippen LogP contribution in [0.25, 0.3) is 0 Å². The molecule has 1 aliphatic rings. The summed E-state index contributed by atoms with van der Waals surface area (Å²) in [5, 5.41) is 2.24. The van der Waals surface area contributed by atoms with Gasteiger partial charge in [0, 0.05) is 5.69 Å². The highest BCUT2D eigenvalue weighted by atomic mass is 35.5. The number of hydrogen-bond donors (Lipinski definition) is 1. The van der Waals surface area contributed by atoms with Crippen molar-refractivity contribution >= 4 is 52.4 Å². The summed E-state index contributed by atoms with van der Waals surface area (Å²) in [4.78, 5) is 38.7. The molecule has 0 spiro atoms. The third kappa shape index (κ3) is 5.06. The maximum Gasteiger partial charge on any atom is 0.343 e. The second-order valence-corrected chi connectivity index (χ2v) is 8.83. The number of hydrogen-bond acceptors (Lipinski definition) is 5. The smallest absolute Gasteiger partial charge is 0.343 e. The van der Waals surface area contributed by atoms with Gasteiger partial charge in [-0.3, -0.25) is 9.59 Å². The number of carbonyl (C=O) groups excluding carboxylic acids is 3. The van der Waals surface area contributed by atoms with Crippen molar-refractivity contribution in [2.45, 2.75) is 19.8 Å². The van der Waals surface area contributed by atoms with Crippen LogP contribution in [0.3, 0.4) is 0 Å². The van der Waals surface area contributed by atoms with E-state index in [0.29, 0.717) is 22.9 Å². The minimum atomic E-state index is -0.773. The zero-order chi connectivity index (χ0) is 25.3. The Kier molecular flexibility index (Phi) is 6.91. The van der Waals surface area contributed by atoms with Crippen molar-refractivity contribution in [3.63, 3.8) is 0 Å². The van der Waals surface area contributed by atoms with Crippen LogP contribution in [-0.4, -0.2) is 17.8 Å². The van der Waals surface area contributed by atoms with Gasteiger partial charge >= 0.3 is 5.97 Å². The topological polar surface area (TPSA) is 75.7 Å². The van der Waals surface area contributed by atoms with Crippen LogP contribution in [0.15, 0.2) is 77.5 Å². The molecule has 0 atom stereocenters. The average Bonchev–Trinajstić information content (AvgIpc) is 3.04. The maximum absolute atomic E-state index is 13.5. The molecule has 1 N–H and O–H groups in total. The van der Waals surface area contributed by atoms with Crippen molar-refractivity contribution in [3.8, 4) is 5.75 Å². The van der Waals surface area contributed by atoms with Gasteiger partial charge in [0.2, 0.25) is 0 Å². The minimum Gasteiger partial charge on any atom is -0.423 e. The van der Waals surface area contributed by atoms with Crippen molar-refractivity contribution in [1.82, 2.24) is 0 Å². The van der Waals surface area contributed by atoms with Crippen molar-refractivity contribution in [3.05, 3.63) is 99.4 Å². The van der Waals surface area contributed by atoms with Crippen LogP contribution >= 0.6 is 23.2 Å².